The van der Waals surface area contributed by atoms with Gasteiger partial charge in [0.2, 0.25) is 11.8 Å². The number of piperidine rings is 1. The van der Waals surface area contributed by atoms with Crippen LogP contribution in [0.3, 0.4) is 0 Å². The van der Waals surface area contributed by atoms with Crippen molar-refractivity contribution in [3.63, 3.8) is 0 Å². The van der Waals surface area contributed by atoms with Gasteiger partial charge in [-0.05, 0) is 32.2 Å². The Hall–Kier alpha value is -1.40. The summed E-state index contributed by atoms with van der Waals surface area (Å²) in [6.07, 6.45) is 4.20. The molecule has 1 atom stereocenters. The van der Waals surface area contributed by atoms with Crippen molar-refractivity contribution in [2.45, 2.75) is 19.8 Å². The van der Waals surface area contributed by atoms with Gasteiger partial charge in [0.05, 0.1) is 13.2 Å². The van der Waals surface area contributed by atoms with E-state index in [1.807, 2.05) is 6.92 Å². The smallest absolute Gasteiger partial charge is 0.228 e. The maximum Gasteiger partial charge on any atom is 0.228 e. The molecule has 0 saturated carbocycles. The van der Waals surface area contributed by atoms with Crippen LogP contribution in [0.15, 0.2) is 12.3 Å². The first-order valence-corrected chi connectivity index (χ1v) is 7.74. The highest BCUT2D eigenvalue weighted by molar-refractivity contribution is 5.32. The number of hydrogen-bond acceptors (Lipinski definition) is 6. The van der Waals surface area contributed by atoms with Crippen LogP contribution in [0.1, 0.15) is 19.8 Å². The van der Waals surface area contributed by atoms with Gasteiger partial charge in [0, 0.05) is 39.0 Å². The molecule has 0 bridgehead atoms. The van der Waals surface area contributed by atoms with Crippen LogP contribution in [0.25, 0.3) is 0 Å². The van der Waals surface area contributed by atoms with Crippen molar-refractivity contribution in [1.82, 2.24) is 15.3 Å². The fraction of sp³-hybridized carbons (Fsp3) is 0.733. The number of methoxy groups -OCH3 is 1. The molecule has 0 spiro atoms. The summed E-state index contributed by atoms with van der Waals surface area (Å²) < 4.78 is 10.5. The van der Waals surface area contributed by atoms with E-state index < -0.39 is 0 Å². The third-order valence-electron chi connectivity index (χ3n) is 3.63. The van der Waals surface area contributed by atoms with Crippen LogP contribution >= 0.6 is 0 Å². The Balaban J connectivity index is 1.86. The molecule has 6 nitrogen and oxygen atoms in total. The average molecular weight is 294 g/mol. The molecule has 118 valence electrons. The molecule has 1 fully saturated rings. The van der Waals surface area contributed by atoms with E-state index in [2.05, 4.69) is 20.2 Å². The van der Waals surface area contributed by atoms with E-state index in [9.17, 15) is 0 Å². The van der Waals surface area contributed by atoms with Crippen molar-refractivity contribution in [2.24, 2.45) is 5.92 Å². The van der Waals surface area contributed by atoms with E-state index in [1.54, 1.807) is 19.4 Å². The third-order valence-corrected chi connectivity index (χ3v) is 3.63. The van der Waals surface area contributed by atoms with E-state index in [1.165, 1.54) is 12.8 Å². The van der Waals surface area contributed by atoms with Crippen molar-refractivity contribution in [1.29, 1.82) is 0 Å². The minimum absolute atomic E-state index is 0.627. The molecule has 0 aliphatic carbocycles. The van der Waals surface area contributed by atoms with Gasteiger partial charge < -0.3 is 19.7 Å². The highest BCUT2D eigenvalue weighted by Crippen LogP contribution is 2.21. The predicted octanol–water partition coefficient (Wildman–Crippen LogP) is 1.33. The van der Waals surface area contributed by atoms with Crippen molar-refractivity contribution >= 4 is 5.95 Å². The Morgan fingerprint density at radius 3 is 3.19 bits per heavy atom. The lowest BCUT2D eigenvalue weighted by atomic mass is 9.98. The zero-order valence-electron chi connectivity index (χ0n) is 13.0. The van der Waals surface area contributed by atoms with Crippen molar-refractivity contribution in [3.8, 4) is 5.88 Å². The molecule has 0 radical (unpaired) electrons. The summed E-state index contributed by atoms with van der Waals surface area (Å²) in [6.45, 7) is 7.29. The van der Waals surface area contributed by atoms with Crippen LogP contribution in [0.4, 0.5) is 5.95 Å². The average Bonchev–Trinajstić information content (AvgIpc) is 2.53. The maximum absolute atomic E-state index is 5.45. The molecule has 0 aromatic carbocycles. The third kappa shape index (κ3) is 5.13. The molecule has 21 heavy (non-hydrogen) atoms. The molecule has 1 saturated heterocycles. The lowest BCUT2D eigenvalue weighted by Crippen LogP contribution is -2.41. The zero-order valence-corrected chi connectivity index (χ0v) is 13.0. The number of anilines is 1. The van der Waals surface area contributed by atoms with E-state index in [4.69, 9.17) is 9.47 Å². The van der Waals surface area contributed by atoms with Crippen LogP contribution in [-0.2, 0) is 4.74 Å². The summed E-state index contributed by atoms with van der Waals surface area (Å²) in [5.74, 6) is 2.07. The minimum Gasteiger partial charge on any atom is -0.478 e. The second kappa shape index (κ2) is 8.79. The summed E-state index contributed by atoms with van der Waals surface area (Å²) >= 11 is 0. The number of ether oxygens (including phenoxy) is 2. The van der Waals surface area contributed by atoms with Crippen LogP contribution in [-0.4, -0.2) is 56.5 Å². The lowest BCUT2D eigenvalue weighted by molar-refractivity contribution is 0.197. The molecule has 2 rings (SSSR count). The fourth-order valence-corrected chi connectivity index (χ4v) is 2.61. The van der Waals surface area contributed by atoms with Gasteiger partial charge in [-0.15, -0.1) is 0 Å². The van der Waals surface area contributed by atoms with Gasteiger partial charge in [-0.1, -0.05) is 0 Å². The van der Waals surface area contributed by atoms with Crippen LogP contribution in [0.5, 0.6) is 5.88 Å². The normalized spacial score (nSPS) is 18.8. The Morgan fingerprint density at radius 2 is 2.38 bits per heavy atom. The van der Waals surface area contributed by atoms with Crippen molar-refractivity contribution in [3.05, 3.63) is 12.3 Å². The number of hydrogen-bond donors (Lipinski definition) is 1. The van der Waals surface area contributed by atoms with Gasteiger partial charge in [0.1, 0.15) is 0 Å². The quantitative estimate of drug-likeness (QED) is 0.730. The summed E-state index contributed by atoms with van der Waals surface area (Å²) in [7, 11) is 1.73. The van der Waals surface area contributed by atoms with Gasteiger partial charge in [-0.25, -0.2) is 4.98 Å². The minimum atomic E-state index is 0.627. The number of aromatic nitrogens is 2. The molecular weight excluding hydrogens is 268 g/mol. The molecule has 1 unspecified atom stereocenters. The van der Waals surface area contributed by atoms with Gasteiger partial charge in [-0.2, -0.15) is 4.98 Å². The Labute approximate surface area is 126 Å². The number of rotatable bonds is 8. The topological polar surface area (TPSA) is 59.5 Å². The highest BCUT2D eigenvalue weighted by atomic mass is 16.5. The number of nitrogens with zero attached hydrogens (tertiary/aromatic N) is 3. The SMILES string of the molecule is CCOc1ccnc(N2CCCC(CNCCOC)C2)n1. The van der Waals surface area contributed by atoms with Crippen molar-refractivity contribution in [2.75, 3.05) is 51.4 Å². The lowest BCUT2D eigenvalue weighted by Gasteiger charge is -2.33. The van der Waals surface area contributed by atoms with E-state index in [-0.39, 0.29) is 0 Å². The van der Waals surface area contributed by atoms with Gasteiger partial charge in [0.15, 0.2) is 0 Å². The van der Waals surface area contributed by atoms with Gasteiger partial charge in [0.25, 0.3) is 0 Å². The summed E-state index contributed by atoms with van der Waals surface area (Å²) in [5, 5.41) is 3.44. The second-order valence-corrected chi connectivity index (χ2v) is 5.28. The first-order valence-electron chi connectivity index (χ1n) is 7.74. The van der Waals surface area contributed by atoms with Gasteiger partial charge >= 0.3 is 0 Å². The summed E-state index contributed by atoms with van der Waals surface area (Å²) in [6, 6.07) is 1.81. The molecule has 6 heteroatoms. The molecule has 1 aromatic rings. The molecule has 2 heterocycles. The Bertz CT molecular complexity index is 416. The first kappa shape index (κ1) is 16.0. The monoisotopic (exact) mass is 294 g/mol. The van der Waals surface area contributed by atoms with E-state index in [0.717, 1.165) is 38.7 Å². The molecular formula is C15H26N4O2. The Kier molecular flexibility index (Phi) is 6.69. The fourth-order valence-electron chi connectivity index (χ4n) is 2.61. The van der Waals surface area contributed by atoms with Crippen LogP contribution < -0.4 is 15.0 Å². The predicted molar refractivity (Wildman–Crippen MR) is 82.9 cm³/mol. The highest BCUT2D eigenvalue weighted by Gasteiger charge is 2.21. The van der Waals surface area contributed by atoms with E-state index >= 15 is 0 Å². The van der Waals surface area contributed by atoms with Crippen molar-refractivity contribution < 1.29 is 9.47 Å². The maximum atomic E-state index is 5.45. The second-order valence-electron chi connectivity index (χ2n) is 5.28. The molecule has 1 aliphatic rings. The zero-order chi connectivity index (χ0) is 14.9. The molecule has 1 aliphatic heterocycles. The number of nitrogens with one attached hydrogen (secondary N) is 1. The largest absolute Gasteiger partial charge is 0.478 e. The first-order chi connectivity index (χ1) is 10.3. The Morgan fingerprint density at radius 1 is 1.48 bits per heavy atom. The van der Waals surface area contributed by atoms with Crippen LogP contribution in [0.2, 0.25) is 0 Å². The summed E-state index contributed by atoms with van der Waals surface area (Å²) in [5.41, 5.74) is 0. The summed E-state index contributed by atoms with van der Waals surface area (Å²) in [4.78, 5) is 11.1. The van der Waals surface area contributed by atoms with Crippen LogP contribution in [0, 0.1) is 5.92 Å². The molecule has 1 aromatic heterocycles. The molecule has 1 N–H and O–H groups in total. The van der Waals surface area contributed by atoms with Gasteiger partial charge in [-0.3, -0.25) is 0 Å². The molecule has 0 amide bonds. The van der Waals surface area contributed by atoms with E-state index in [0.29, 0.717) is 18.4 Å². The standard InChI is InChI=1S/C15H26N4O2/c1-3-21-14-6-7-17-15(18-14)19-9-4-5-13(12-19)11-16-8-10-20-2/h6-7,13,16H,3-5,8-12H2,1-2H3.